The largest absolute Gasteiger partial charge is 0.447 e. The molecule has 1 atom stereocenters. The van der Waals surface area contributed by atoms with Gasteiger partial charge in [0.1, 0.15) is 12.4 Å². The van der Waals surface area contributed by atoms with E-state index in [1.165, 1.54) is 22.7 Å². The van der Waals surface area contributed by atoms with Crippen LogP contribution in [0.2, 0.25) is 0 Å². The van der Waals surface area contributed by atoms with Gasteiger partial charge >= 0.3 is 6.09 Å². The third-order valence-electron chi connectivity index (χ3n) is 6.31. The van der Waals surface area contributed by atoms with Gasteiger partial charge in [-0.25, -0.2) is 9.18 Å². The maximum atomic E-state index is 15.8. The Kier molecular flexibility index (Phi) is 7.12. The first kappa shape index (κ1) is 24.4. The first-order valence-corrected chi connectivity index (χ1v) is 12.6. The van der Waals surface area contributed by atoms with Gasteiger partial charge in [0, 0.05) is 9.81 Å². The molecule has 4 aromatic carbocycles. The van der Waals surface area contributed by atoms with Crippen molar-refractivity contribution >= 4 is 23.5 Å². The highest BCUT2D eigenvalue weighted by atomic mass is 32.2. The average molecular weight is 511 g/mol. The van der Waals surface area contributed by atoms with Crippen molar-refractivity contribution in [3.05, 3.63) is 142 Å². The summed E-state index contributed by atoms with van der Waals surface area (Å²) < 4.78 is 20.2. The number of carbonyl (C=O) groups is 1. The summed E-state index contributed by atoms with van der Waals surface area (Å²) in [7, 11) is 0. The maximum Gasteiger partial charge on any atom is 0.414 e. The maximum absolute atomic E-state index is 15.8. The van der Waals surface area contributed by atoms with Crippen molar-refractivity contribution in [3.63, 3.8) is 0 Å². The van der Waals surface area contributed by atoms with Crippen molar-refractivity contribution in [1.29, 1.82) is 0 Å². The monoisotopic (exact) mass is 510 g/mol. The first-order chi connectivity index (χ1) is 18.1. The van der Waals surface area contributed by atoms with Crippen LogP contribution in [-0.2, 0) is 9.48 Å². The molecule has 8 heteroatoms. The molecule has 5 rings (SSSR count). The number of rotatable bonds is 8. The number of hydrogen-bond acceptors (Lipinski definition) is 4. The Hall–Kier alpha value is -4.26. The third kappa shape index (κ3) is 4.77. The van der Waals surface area contributed by atoms with Gasteiger partial charge in [-0.05, 0) is 40.4 Å². The molecule has 1 aliphatic rings. The summed E-state index contributed by atoms with van der Waals surface area (Å²) in [4.78, 5) is 16.9. The molecular weight excluding hydrogens is 487 g/mol. The molecule has 4 aromatic rings. The fourth-order valence-corrected chi connectivity index (χ4v) is 6.01. The lowest BCUT2D eigenvalue weighted by atomic mass is 9.84. The summed E-state index contributed by atoms with van der Waals surface area (Å²) in [5.41, 5.74) is 12.1. The number of anilines is 1. The molecule has 1 fully saturated rings. The van der Waals surface area contributed by atoms with Gasteiger partial charge < -0.3 is 4.74 Å². The SMILES string of the molecule is [N-]=[N+]=NC[C@H]1COC(=O)N1c1ccc(SC(c2ccccc2)(c2ccccc2)c2ccccc2)c(F)c1. The second-order valence-electron chi connectivity index (χ2n) is 8.51. The zero-order valence-electron chi connectivity index (χ0n) is 19.8. The van der Waals surface area contributed by atoms with Crippen molar-refractivity contribution in [1.82, 2.24) is 0 Å². The predicted octanol–water partition coefficient (Wildman–Crippen LogP) is 7.55. The molecular formula is C29H23FN4O2S. The quantitative estimate of drug-likeness (QED) is 0.0807. The Morgan fingerprint density at radius 2 is 1.46 bits per heavy atom. The molecule has 37 heavy (non-hydrogen) atoms. The second kappa shape index (κ2) is 10.8. The van der Waals surface area contributed by atoms with Crippen LogP contribution in [0.5, 0.6) is 0 Å². The lowest BCUT2D eigenvalue weighted by Crippen LogP contribution is -2.35. The predicted molar refractivity (Wildman–Crippen MR) is 143 cm³/mol. The molecule has 1 aliphatic heterocycles. The zero-order chi connectivity index (χ0) is 25.7. The number of amides is 1. The Morgan fingerprint density at radius 3 is 1.95 bits per heavy atom. The smallest absolute Gasteiger partial charge is 0.414 e. The number of hydrogen-bond donors (Lipinski definition) is 0. The van der Waals surface area contributed by atoms with Crippen molar-refractivity contribution < 1.29 is 13.9 Å². The number of halogens is 1. The molecule has 184 valence electrons. The lowest BCUT2D eigenvalue weighted by molar-refractivity contribution is 0.179. The van der Waals surface area contributed by atoms with E-state index < -0.39 is 22.7 Å². The first-order valence-electron chi connectivity index (χ1n) is 11.8. The second-order valence-corrected chi connectivity index (χ2v) is 9.77. The van der Waals surface area contributed by atoms with Crippen molar-refractivity contribution in [3.8, 4) is 0 Å². The van der Waals surface area contributed by atoms with Crippen LogP contribution in [0.3, 0.4) is 0 Å². The van der Waals surface area contributed by atoms with E-state index >= 15 is 4.39 Å². The molecule has 0 aliphatic carbocycles. The van der Waals surface area contributed by atoms with Gasteiger partial charge in [0.2, 0.25) is 0 Å². The van der Waals surface area contributed by atoms with E-state index in [0.717, 1.165) is 16.7 Å². The Morgan fingerprint density at radius 1 is 0.919 bits per heavy atom. The van der Waals surface area contributed by atoms with Crippen molar-refractivity contribution in [2.45, 2.75) is 15.7 Å². The molecule has 0 saturated carbocycles. The molecule has 0 spiro atoms. The number of nitrogens with zero attached hydrogens (tertiary/aromatic N) is 4. The average Bonchev–Trinajstić information content (AvgIpc) is 3.32. The third-order valence-corrected chi connectivity index (χ3v) is 7.88. The van der Waals surface area contributed by atoms with Gasteiger partial charge in [0.15, 0.2) is 0 Å². The van der Waals surface area contributed by atoms with Crippen LogP contribution in [0.25, 0.3) is 10.4 Å². The van der Waals surface area contributed by atoms with Crippen LogP contribution in [0.4, 0.5) is 14.9 Å². The molecule has 0 unspecified atom stereocenters. The fourth-order valence-electron chi connectivity index (χ4n) is 4.62. The van der Waals surface area contributed by atoms with Crippen molar-refractivity contribution in [2.24, 2.45) is 5.11 Å². The van der Waals surface area contributed by atoms with E-state index in [2.05, 4.69) is 46.4 Å². The fraction of sp³-hybridized carbons (Fsp3) is 0.138. The van der Waals surface area contributed by atoms with E-state index in [1.54, 1.807) is 12.1 Å². The molecule has 0 bridgehead atoms. The van der Waals surface area contributed by atoms with Gasteiger partial charge in [-0.3, -0.25) is 4.90 Å². The number of ether oxygens (including phenoxy) is 1. The summed E-state index contributed by atoms with van der Waals surface area (Å²) in [5.74, 6) is -0.461. The summed E-state index contributed by atoms with van der Waals surface area (Å²) in [6, 6.07) is 34.4. The summed E-state index contributed by atoms with van der Waals surface area (Å²) in [6.07, 6.45) is -0.592. The van der Waals surface area contributed by atoms with E-state index in [1.807, 2.05) is 54.6 Å². The number of azide groups is 1. The number of carbonyl (C=O) groups excluding carboxylic acids is 1. The number of cyclic esters (lactones) is 1. The highest BCUT2D eigenvalue weighted by Crippen LogP contribution is 2.52. The van der Waals surface area contributed by atoms with E-state index in [0.29, 0.717) is 10.6 Å². The Labute approximate surface area is 218 Å². The Bertz CT molecular complexity index is 1330. The van der Waals surface area contributed by atoms with Gasteiger partial charge in [0.25, 0.3) is 0 Å². The number of benzene rings is 4. The molecule has 0 radical (unpaired) electrons. The van der Waals surface area contributed by atoms with E-state index in [9.17, 15) is 4.79 Å². The topological polar surface area (TPSA) is 78.3 Å². The molecule has 1 saturated heterocycles. The molecule has 0 N–H and O–H groups in total. The van der Waals surface area contributed by atoms with Crippen LogP contribution in [0.15, 0.2) is 119 Å². The van der Waals surface area contributed by atoms with Crippen molar-refractivity contribution in [2.75, 3.05) is 18.1 Å². The summed E-state index contributed by atoms with van der Waals surface area (Å²) in [5, 5.41) is 3.56. The highest BCUT2D eigenvalue weighted by molar-refractivity contribution is 8.00. The van der Waals surface area contributed by atoms with Gasteiger partial charge in [-0.1, -0.05) is 96.1 Å². The minimum Gasteiger partial charge on any atom is -0.447 e. The van der Waals surface area contributed by atoms with Gasteiger partial charge in [0.05, 0.1) is 23.0 Å². The minimum absolute atomic E-state index is 0.0412. The van der Waals surface area contributed by atoms with Crippen LogP contribution < -0.4 is 4.90 Å². The van der Waals surface area contributed by atoms with Gasteiger partial charge in [-0.15, -0.1) is 11.8 Å². The molecule has 1 amide bonds. The van der Waals surface area contributed by atoms with E-state index in [4.69, 9.17) is 10.3 Å². The van der Waals surface area contributed by atoms with Crippen LogP contribution in [-0.4, -0.2) is 25.3 Å². The minimum atomic E-state index is -0.733. The normalized spacial score (nSPS) is 15.2. The standard InChI is InChI=1S/C29H23FN4O2S/c30-26-18-24(34-25(19-32-33-31)20-36-28(34)35)16-17-27(26)37-29(21-10-4-1-5-11-21,22-12-6-2-7-13-22)23-14-8-3-9-15-23/h1-18,25H,19-20H2/t25-/m0/s1. The lowest BCUT2D eigenvalue weighted by Gasteiger charge is -2.35. The highest BCUT2D eigenvalue weighted by Gasteiger charge is 2.39. The van der Waals surface area contributed by atoms with E-state index in [-0.39, 0.29) is 13.2 Å². The number of thioether (sulfide) groups is 1. The van der Waals surface area contributed by atoms with Crippen LogP contribution >= 0.6 is 11.8 Å². The van der Waals surface area contributed by atoms with Crippen LogP contribution in [0, 0.1) is 5.82 Å². The molecule has 6 nitrogen and oxygen atoms in total. The molecule has 1 heterocycles. The van der Waals surface area contributed by atoms with Gasteiger partial charge in [-0.2, -0.15) is 0 Å². The zero-order valence-corrected chi connectivity index (χ0v) is 20.6. The summed E-state index contributed by atoms with van der Waals surface area (Å²) >= 11 is 1.41. The van der Waals surface area contributed by atoms with Crippen LogP contribution in [0.1, 0.15) is 16.7 Å². The molecule has 0 aromatic heterocycles. The summed E-state index contributed by atoms with van der Waals surface area (Å²) in [6.45, 7) is 0.120. The Balaban J connectivity index is 1.61.